The van der Waals surface area contributed by atoms with Crippen molar-refractivity contribution in [2.24, 2.45) is 5.73 Å². The molecule has 4 nitrogen and oxygen atoms in total. The van der Waals surface area contributed by atoms with Gasteiger partial charge in [-0.15, -0.1) is 0 Å². The Bertz CT molecular complexity index is 478. The summed E-state index contributed by atoms with van der Waals surface area (Å²) >= 11 is 0. The molecule has 2 rings (SSSR count). The van der Waals surface area contributed by atoms with Gasteiger partial charge in [0.2, 0.25) is 0 Å². The molecule has 0 unspecified atom stereocenters. The van der Waals surface area contributed by atoms with Crippen LogP contribution in [0.5, 0.6) is 0 Å². The van der Waals surface area contributed by atoms with E-state index in [4.69, 9.17) is 11.5 Å². The van der Waals surface area contributed by atoms with E-state index >= 15 is 0 Å². The molecule has 0 aliphatic rings. The molecule has 0 amide bonds. The van der Waals surface area contributed by atoms with Gasteiger partial charge in [0.1, 0.15) is 11.6 Å². The van der Waals surface area contributed by atoms with Crippen molar-refractivity contribution >= 4 is 5.82 Å². The van der Waals surface area contributed by atoms with E-state index in [-0.39, 0.29) is 5.82 Å². The highest BCUT2D eigenvalue weighted by Crippen LogP contribution is 2.14. The summed E-state index contributed by atoms with van der Waals surface area (Å²) in [5.74, 6) is 0.123. The number of anilines is 1. The van der Waals surface area contributed by atoms with Crippen molar-refractivity contribution in [3.63, 3.8) is 0 Å². The first-order valence-corrected chi connectivity index (χ1v) is 4.51. The third-order valence-corrected chi connectivity index (χ3v) is 2.05. The van der Waals surface area contributed by atoms with Crippen molar-refractivity contribution in [3.05, 3.63) is 41.8 Å². The molecule has 0 saturated carbocycles. The highest BCUT2D eigenvalue weighted by atomic mass is 19.1. The van der Waals surface area contributed by atoms with E-state index in [0.29, 0.717) is 23.7 Å². The number of hydrogen-bond acceptors (Lipinski definition) is 3. The Morgan fingerprint density at radius 3 is 2.73 bits per heavy atom. The lowest BCUT2D eigenvalue weighted by Gasteiger charge is -2.03. The third-order valence-electron chi connectivity index (χ3n) is 2.05. The van der Waals surface area contributed by atoms with E-state index in [1.165, 1.54) is 16.8 Å². The van der Waals surface area contributed by atoms with Gasteiger partial charge in [-0.3, -0.25) is 0 Å². The minimum Gasteiger partial charge on any atom is -0.384 e. The molecule has 78 valence electrons. The average Bonchev–Trinajstić information content (AvgIpc) is 2.60. The Balaban J connectivity index is 2.48. The van der Waals surface area contributed by atoms with Crippen molar-refractivity contribution in [2.75, 3.05) is 5.73 Å². The zero-order chi connectivity index (χ0) is 10.8. The third kappa shape index (κ3) is 1.82. The first-order valence-electron chi connectivity index (χ1n) is 4.51. The summed E-state index contributed by atoms with van der Waals surface area (Å²) in [7, 11) is 0. The monoisotopic (exact) mass is 206 g/mol. The maximum absolute atomic E-state index is 13.0. The van der Waals surface area contributed by atoms with Crippen molar-refractivity contribution in [2.45, 2.75) is 6.54 Å². The topological polar surface area (TPSA) is 69.9 Å². The molecule has 1 aromatic heterocycles. The van der Waals surface area contributed by atoms with Gasteiger partial charge >= 0.3 is 0 Å². The average molecular weight is 206 g/mol. The number of nitrogen functional groups attached to an aromatic ring is 1. The number of hydrogen-bond donors (Lipinski definition) is 2. The second-order valence-electron chi connectivity index (χ2n) is 3.16. The number of benzene rings is 1. The minimum atomic E-state index is -0.323. The fourth-order valence-electron chi connectivity index (χ4n) is 1.36. The summed E-state index contributed by atoms with van der Waals surface area (Å²) in [5, 5.41) is 4.14. The van der Waals surface area contributed by atoms with E-state index in [9.17, 15) is 4.39 Å². The molecule has 0 saturated heterocycles. The van der Waals surface area contributed by atoms with Gasteiger partial charge in [-0.25, -0.2) is 9.07 Å². The van der Waals surface area contributed by atoms with Crippen LogP contribution in [0.25, 0.3) is 5.69 Å². The molecule has 15 heavy (non-hydrogen) atoms. The fourth-order valence-corrected chi connectivity index (χ4v) is 1.36. The predicted octanol–water partition coefficient (Wildman–Crippen LogP) is 1.05. The summed E-state index contributed by atoms with van der Waals surface area (Å²) in [4.78, 5) is 0. The lowest BCUT2D eigenvalue weighted by molar-refractivity contribution is 0.625. The maximum Gasteiger partial charge on any atom is 0.127 e. The van der Waals surface area contributed by atoms with Crippen LogP contribution in [-0.4, -0.2) is 9.78 Å². The second-order valence-corrected chi connectivity index (χ2v) is 3.16. The van der Waals surface area contributed by atoms with Crippen LogP contribution in [0.2, 0.25) is 0 Å². The quantitative estimate of drug-likeness (QED) is 0.771. The molecule has 0 radical (unpaired) electrons. The molecule has 1 heterocycles. The van der Waals surface area contributed by atoms with E-state index in [0.717, 1.165) is 0 Å². The van der Waals surface area contributed by atoms with Crippen LogP contribution in [0, 0.1) is 5.82 Å². The molecular formula is C10H11FN4. The zero-order valence-electron chi connectivity index (χ0n) is 8.02. The number of aromatic nitrogens is 2. The van der Waals surface area contributed by atoms with Crippen molar-refractivity contribution in [3.8, 4) is 5.69 Å². The van der Waals surface area contributed by atoms with Crippen LogP contribution >= 0.6 is 0 Å². The summed E-state index contributed by atoms with van der Waals surface area (Å²) in [6, 6.07) is 7.74. The van der Waals surface area contributed by atoms with Gasteiger partial charge < -0.3 is 11.5 Å². The second kappa shape index (κ2) is 3.70. The lowest BCUT2D eigenvalue weighted by atomic mass is 10.3. The zero-order valence-corrected chi connectivity index (χ0v) is 8.02. The number of rotatable bonds is 2. The molecular weight excluding hydrogens is 195 g/mol. The first kappa shape index (κ1) is 9.67. The number of nitrogens with zero attached hydrogens (tertiary/aromatic N) is 2. The van der Waals surface area contributed by atoms with Crippen LogP contribution in [0.15, 0.2) is 30.3 Å². The van der Waals surface area contributed by atoms with Gasteiger partial charge in [0.25, 0.3) is 0 Å². The van der Waals surface area contributed by atoms with Crippen LogP contribution in [0.1, 0.15) is 5.69 Å². The van der Waals surface area contributed by atoms with Gasteiger partial charge in [-0.1, -0.05) is 6.07 Å². The molecule has 4 N–H and O–H groups in total. The van der Waals surface area contributed by atoms with Gasteiger partial charge in [0, 0.05) is 12.6 Å². The van der Waals surface area contributed by atoms with Crippen molar-refractivity contribution in [1.82, 2.24) is 9.78 Å². The molecule has 5 heteroatoms. The van der Waals surface area contributed by atoms with Gasteiger partial charge in [0.05, 0.1) is 11.4 Å². The molecule has 0 aliphatic heterocycles. The summed E-state index contributed by atoms with van der Waals surface area (Å²) in [6.07, 6.45) is 0. The number of halogens is 1. The maximum atomic E-state index is 13.0. The van der Waals surface area contributed by atoms with E-state index in [1.54, 1.807) is 18.2 Å². The summed E-state index contributed by atoms with van der Waals surface area (Å²) < 4.78 is 14.4. The normalized spacial score (nSPS) is 10.5. The van der Waals surface area contributed by atoms with E-state index < -0.39 is 0 Å². The standard InChI is InChI=1S/C10H11FN4/c11-7-2-1-3-9(4-7)15-10(13)5-8(6-12)14-15/h1-5H,6,12-13H2. The highest BCUT2D eigenvalue weighted by molar-refractivity contribution is 5.42. The lowest BCUT2D eigenvalue weighted by Crippen LogP contribution is -2.03. The van der Waals surface area contributed by atoms with Gasteiger partial charge in [-0.2, -0.15) is 5.10 Å². The Hall–Kier alpha value is -1.88. The molecule has 0 fully saturated rings. The Morgan fingerprint density at radius 2 is 2.13 bits per heavy atom. The Labute approximate surface area is 86.3 Å². The molecule has 0 atom stereocenters. The first-order chi connectivity index (χ1) is 7.20. The summed E-state index contributed by atoms with van der Waals surface area (Å²) in [5.41, 5.74) is 12.4. The van der Waals surface area contributed by atoms with Crippen LogP contribution in [0.4, 0.5) is 10.2 Å². The van der Waals surface area contributed by atoms with Gasteiger partial charge in [-0.05, 0) is 18.2 Å². The Kier molecular flexibility index (Phi) is 2.39. The molecule has 0 aliphatic carbocycles. The predicted molar refractivity (Wildman–Crippen MR) is 55.8 cm³/mol. The number of nitrogens with two attached hydrogens (primary N) is 2. The van der Waals surface area contributed by atoms with E-state index in [1.807, 2.05) is 0 Å². The van der Waals surface area contributed by atoms with Crippen molar-refractivity contribution in [1.29, 1.82) is 0 Å². The largest absolute Gasteiger partial charge is 0.384 e. The van der Waals surface area contributed by atoms with E-state index in [2.05, 4.69) is 5.10 Å². The molecule has 0 spiro atoms. The summed E-state index contributed by atoms with van der Waals surface area (Å²) in [6.45, 7) is 0.312. The van der Waals surface area contributed by atoms with Gasteiger partial charge in [0.15, 0.2) is 0 Å². The van der Waals surface area contributed by atoms with Crippen LogP contribution in [0.3, 0.4) is 0 Å². The Morgan fingerprint density at radius 1 is 1.33 bits per heavy atom. The minimum absolute atomic E-state index is 0.312. The van der Waals surface area contributed by atoms with Crippen LogP contribution < -0.4 is 11.5 Å². The highest BCUT2D eigenvalue weighted by Gasteiger charge is 2.06. The fraction of sp³-hybridized carbons (Fsp3) is 0.100. The SMILES string of the molecule is NCc1cc(N)n(-c2cccc(F)c2)n1. The molecule has 2 aromatic rings. The molecule has 1 aromatic carbocycles. The van der Waals surface area contributed by atoms with Crippen LogP contribution in [-0.2, 0) is 6.54 Å². The van der Waals surface area contributed by atoms with Crippen molar-refractivity contribution < 1.29 is 4.39 Å². The molecule has 0 bridgehead atoms. The smallest absolute Gasteiger partial charge is 0.127 e.